The smallest absolute Gasteiger partial charge is 0.0897 e. The second-order valence-corrected chi connectivity index (χ2v) is 5.33. The highest BCUT2D eigenvalue weighted by molar-refractivity contribution is 4.87. The van der Waals surface area contributed by atoms with Gasteiger partial charge in [-0.15, -0.1) is 0 Å². The van der Waals surface area contributed by atoms with Crippen LogP contribution in [0.2, 0.25) is 0 Å². The molecule has 0 amide bonds. The molecule has 1 heterocycles. The molecule has 0 aliphatic carbocycles. The second-order valence-electron chi connectivity index (χ2n) is 5.33. The highest BCUT2D eigenvalue weighted by atomic mass is 16.5. The summed E-state index contributed by atoms with van der Waals surface area (Å²) in [6.45, 7) is 9.54. The largest absolute Gasteiger partial charge is 0.389 e. The molecule has 1 aliphatic heterocycles. The predicted molar refractivity (Wildman–Crippen MR) is 63.5 cm³/mol. The van der Waals surface area contributed by atoms with E-state index in [9.17, 15) is 5.11 Å². The minimum absolute atomic E-state index is 0.0268. The van der Waals surface area contributed by atoms with Crippen LogP contribution in [0.3, 0.4) is 0 Å². The lowest BCUT2D eigenvalue weighted by atomic mass is 10.0. The average molecular weight is 231 g/mol. The molecule has 96 valence electrons. The molecule has 1 saturated heterocycles. The van der Waals surface area contributed by atoms with E-state index in [1.54, 1.807) is 0 Å². The minimum atomic E-state index is -0.434. The second kappa shape index (κ2) is 6.55. The van der Waals surface area contributed by atoms with Crippen LogP contribution < -0.4 is 5.32 Å². The van der Waals surface area contributed by atoms with Gasteiger partial charge in [0.1, 0.15) is 0 Å². The minimum Gasteiger partial charge on any atom is -0.389 e. The third-order valence-electron chi connectivity index (χ3n) is 2.74. The van der Waals surface area contributed by atoms with Crippen molar-refractivity contribution >= 4 is 0 Å². The number of aliphatic hydroxyl groups is 1. The van der Waals surface area contributed by atoms with E-state index in [4.69, 9.17) is 9.47 Å². The number of rotatable bonds is 7. The van der Waals surface area contributed by atoms with E-state index < -0.39 is 6.10 Å². The van der Waals surface area contributed by atoms with Crippen molar-refractivity contribution < 1.29 is 14.6 Å². The lowest BCUT2D eigenvalue weighted by Gasteiger charge is -2.25. The fraction of sp³-hybridized carbons (Fsp3) is 1.00. The number of nitrogens with one attached hydrogen (secondary N) is 1. The Morgan fingerprint density at radius 1 is 1.44 bits per heavy atom. The molecule has 0 aromatic rings. The standard InChI is InChI=1S/C12H25NO3/c1-10(2)7-16-8-11(14)6-13-12(3)4-5-15-9-12/h10-11,13-14H,4-9H2,1-3H3. The normalized spacial score (nSPS) is 27.6. The van der Waals surface area contributed by atoms with Crippen LogP contribution in [0.1, 0.15) is 27.2 Å². The summed E-state index contributed by atoms with van der Waals surface area (Å²) in [5.41, 5.74) is 0.0268. The van der Waals surface area contributed by atoms with Crippen molar-refractivity contribution in [2.45, 2.75) is 38.8 Å². The average Bonchev–Trinajstić information content (AvgIpc) is 2.62. The summed E-state index contributed by atoms with van der Waals surface area (Å²) >= 11 is 0. The predicted octanol–water partition coefficient (Wildman–Crippen LogP) is 0.788. The van der Waals surface area contributed by atoms with Gasteiger partial charge >= 0.3 is 0 Å². The molecule has 0 radical (unpaired) electrons. The molecule has 1 rings (SSSR count). The summed E-state index contributed by atoms with van der Waals surface area (Å²) in [6.07, 6.45) is 0.572. The molecule has 0 aromatic carbocycles. The quantitative estimate of drug-likeness (QED) is 0.680. The molecule has 0 aromatic heterocycles. The summed E-state index contributed by atoms with van der Waals surface area (Å²) in [5.74, 6) is 0.515. The summed E-state index contributed by atoms with van der Waals surface area (Å²) in [6, 6.07) is 0. The van der Waals surface area contributed by atoms with Crippen LogP contribution in [0.5, 0.6) is 0 Å². The van der Waals surface area contributed by atoms with Crippen molar-refractivity contribution in [3.8, 4) is 0 Å². The molecule has 2 N–H and O–H groups in total. The Bertz CT molecular complexity index is 191. The molecule has 4 nitrogen and oxygen atoms in total. The Labute approximate surface area is 98.3 Å². The van der Waals surface area contributed by atoms with Gasteiger partial charge in [-0.1, -0.05) is 13.8 Å². The highest BCUT2D eigenvalue weighted by Gasteiger charge is 2.29. The van der Waals surface area contributed by atoms with Crippen molar-refractivity contribution in [1.82, 2.24) is 5.32 Å². The monoisotopic (exact) mass is 231 g/mol. The van der Waals surface area contributed by atoms with Gasteiger partial charge in [-0.05, 0) is 19.3 Å². The van der Waals surface area contributed by atoms with Crippen LogP contribution in [0, 0.1) is 5.92 Å². The van der Waals surface area contributed by atoms with Crippen LogP contribution in [0.25, 0.3) is 0 Å². The molecule has 0 spiro atoms. The summed E-state index contributed by atoms with van der Waals surface area (Å²) in [5, 5.41) is 13.0. The van der Waals surface area contributed by atoms with E-state index in [1.807, 2.05) is 0 Å². The Kier molecular flexibility index (Phi) is 5.69. The number of ether oxygens (including phenoxy) is 2. The SMILES string of the molecule is CC(C)COCC(O)CNC1(C)CCOC1. The van der Waals surface area contributed by atoms with Gasteiger partial charge < -0.3 is 19.9 Å². The van der Waals surface area contributed by atoms with Gasteiger partial charge in [0.25, 0.3) is 0 Å². The summed E-state index contributed by atoms with van der Waals surface area (Å²) in [7, 11) is 0. The first-order chi connectivity index (χ1) is 7.52. The first kappa shape index (κ1) is 13.9. The highest BCUT2D eigenvalue weighted by Crippen LogP contribution is 2.17. The maximum atomic E-state index is 9.71. The van der Waals surface area contributed by atoms with E-state index in [0.717, 1.165) is 19.6 Å². The third-order valence-corrected chi connectivity index (χ3v) is 2.74. The Morgan fingerprint density at radius 2 is 2.19 bits per heavy atom. The number of β-amino-alcohol motifs (C(OH)–C–C–N with tert-alkyl or cyclic N) is 1. The van der Waals surface area contributed by atoms with Gasteiger partial charge in [-0.3, -0.25) is 0 Å². The van der Waals surface area contributed by atoms with Crippen molar-refractivity contribution in [1.29, 1.82) is 0 Å². The molecular formula is C12H25NO3. The first-order valence-electron chi connectivity index (χ1n) is 6.10. The lowest BCUT2D eigenvalue weighted by molar-refractivity contribution is 0.0223. The molecule has 0 bridgehead atoms. The van der Waals surface area contributed by atoms with Crippen LogP contribution in [-0.2, 0) is 9.47 Å². The van der Waals surface area contributed by atoms with Gasteiger partial charge in [0.2, 0.25) is 0 Å². The fourth-order valence-corrected chi connectivity index (χ4v) is 1.67. The van der Waals surface area contributed by atoms with Gasteiger partial charge in [0.15, 0.2) is 0 Å². The maximum Gasteiger partial charge on any atom is 0.0897 e. The van der Waals surface area contributed by atoms with Crippen molar-refractivity contribution in [2.75, 3.05) is 33.0 Å². The van der Waals surface area contributed by atoms with E-state index in [1.165, 1.54) is 0 Å². The maximum absolute atomic E-state index is 9.71. The van der Waals surface area contributed by atoms with Gasteiger partial charge in [0, 0.05) is 25.3 Å². The molecular weight excluding hydrogens is 206 g/mol. The lowest BCUT2D eigenvalue weighted by Crippen LogP contribution is -2.47. The van der Waals surface area contributed by atoms with Crippen LogP contribution >= 0.6 is 0 Å². The zero-order valence-corrected chi connectivity index (χ0v) is 10.7. The molecule has 2 atom stereocenters. The molecule has 16 heavy (non-hydrogen) atoms. The molecule has 1 aliphatic rings. The third kappa shape index (κ3) is 5.25. The zero-order valence-electron chi connectivity index (χ0n) is 10.7. The Hall–Kier alpha value is -0.160. The van der Waals surface area contributed by atoms with Gasteiger partial charge in [0.05, 0.1) is 19.3 Å². The molecule has 0 saturated carbocycles. The van der Waals surface area contributed by atoms with Crippen LogP contribution in [0.4, 0.5) is 0 Å². The number of hydrogen-bond acceptors (Lipinski definition) is 4. The van der Waals surface area contributed by atoms with Gasteiger partial charge in [-0.2, -0.15) is 0 Å². The summed E-state index contributed by atoms with van der Waals surface area (Å²) in [4.78, 5) is 0. The van der Waals surface area contributed by atoms with Crippen molar-refractivity contribution in [3.05, 3.63) is 0 Å². The Balaban J connectivity index is 2.07. The van der Waals surface area contributed by atoms with Crippen molar-refractivity contribution in [3.63, 3.8) is 0 Å². The van der Waals surface area contributed by atoms with E-state index in [0.29, 0.717) is 25.7 Å². The fourth-order valence-electron chi connectivity index (χ4n) is 1.67. The van der Waals surface area contributed by atoms with Crippen LogP contribution in [-0.4, -0.2) is 49.7 Å². The first-order valence-corrected chi connectivity index (χ1v) is 6.10. The molecule has 4 heteroatoms. The van der Waals surface area contributed by atoms with Crippen molar-refractivity contribution in [2.24, 2.45) is 5.92 Å². The zero-order chi connectivity index (χ0) is 12.0. The van der Waals surface area contributed by atoms with Crippen LogP contribution in [0.15, 0.2) is 0 Å². The number of aliphatic hydroxyl groups excluding tert-OH is 1. The number of hydrogen-bond donors (Lipinski definition) is 2. The molecule has 1 fully saturated rings. The molecule has 2 unspecified atom stereocenters. The van der Waals surface area contributed by atoms with E-state index >= 15 is 0 Å². The Morgan fingerprint density at radius 3 is 2.75 bits per heavy atom. The van der Waals surface area contributed by atoms with E-state index in [2.05, 4.69) is 26.1 Å². The summed E-state index contributed by atoms with van der Waals surface area (Å²) < 4.78 is 10.7. The van der Waals surface area contributed by atoms with E-state index in [-0.39, 0.29) is 5.54 Å². The topological polar surface area (TPSA) is 50.7 Å². The van der Waals surface area contributed by atoms with Gasteiger partial charge in [-0.25, -0.2) is 0 Å².